The molecule has 2 aromatic carbocycles. The first kappa shape index (κ1) is 15.3. The van der Waals surface area contributed by atoms with Crippen molar-refractivity contribution in [1.82, 2.24) is 0 Å². The van der Waals surface area contributed by atoms with Crippen molar-refractivity contribution < 1.29 is 4.79 Å². The molecule has 2 nitrogen and oxygen atoms in total. The minimum atomic E-state index is -0.0369. The van der Waals surface area contributed by atoms with Gasteiger partial charge in [0.15, 0.2) is 0 Å². The molecule has 1 amide bonds. The summed E-state index contributed by atoms with van der Waals surface area (Å²) in [5, 5.41) is 0. The van der Waals surface area contributed by atoms with Gasteiger partial charge in [0.25, 0.3) is 5.91 Å². The third-order valence-corrected chi connectivity index (χ3v) is 4.36. The summed E-state index contributed by atoms with van der Waals surface area (Å²) >= 11 is 6.84. The standard InChI is InChI=1S/C16H15Br2NO/c1-10-4-7-15(11(2)8-10)19(3)16(20)13-9-12(17)5-6-14(13)18/h4-9H,1-3H3. The fraction of sp³-hybridized carbons (Fsp3) is 0.188. The summed E-state index contributed by atoms with van der Waals surface area (Å²) in [5.41, 5.74) is 3.84. The molecule has 2 aromatic rings. The molecule has 0 unspecified atom stereocenters. The van der Waals surface area contributed by atoms with Crippen molar-refractivity contribution >= 4 is 43.5 Å². The zero-order chi connectivity index (χ0) is 14.9. The molecule has 0 N–H and O–H groups in total. The molecule has 0 saturated carbocycles. The number of anilines is 1. The third kappa shape index (κ3) is 3.13. The lowest BCUT2D eigenvalue weighted by molar-refractivity contribution is 0.0992. The molecule has 0 aliphatic rings. The van der Waals surface area contributed by atoms with Gasteiger partial charge in [0.05, 0.1) is 5.56 Å². The number of amides is 1. The van der Waals surface area contributed by atoms with E-state index in [1.165, 1.54) is 5.56 Å². The van der Waals surface area contributed by atoms with Crippen molar-refractivity contribution in [2.24, 2.45) is 0 Å². The molecule has 104 valence electrons. The van der Waals surface area contributed by atoms with Crippen LogP contribution in [0.4, 0.5) is 5.69 Å². The van der Waals surface area contributed by atoms with Crippen molar-refractivity contribution in [3.63, 3.8) is 0 Å². The van der Waals surface area contributed by atoms with Gasteiger partial charge in [0.1, 0.15) is 0 Å². The highest BCUT2D eigenvalue weighted by molar-refractivity contribution is 9.11. The van der Waals surface area contributed by atoms with Gasteiger partial charge in [0.2, 0.25) is 0 Å². The highest BCUT2D eigenvalue weighted by atomic mass is 79.9. The number of aryl methyl sites for hydroxylation is 2. The molecular weight excluding hydrogens is 382 g/mol. The van der Waals surface area contributed by atoms with Gasteiger partial charge in [-0.3, -0.25) is 4.79 Å². The maximum atomic E-state index is 12.6. The van der Waals surface area contributed by atoms with Gasteiger partial charge in [0, 0.05) is 21.7 Å². The SMILES string of the molecule is Cc1ccc(N(C)C(=O)c2cc(Br)ccc2Br)c(C)c1. The van der Waals surface area contributed by atoms with E-state index in [0.717, 1.165) is 20.2 Å². The Kier molecular flexibility index (Phi) is 4.66. The molecule has 0 radical (unpaired) electrons. The first-order chi connectivity index (χ1) is 9.40. The molecule has 20 heavy (non-hydrogen) atoms. The maximum absolute atomic E-state index is 12.6. The number of benzene rings is 2. The Morgan fingerprint density at radius 3 is 2.40 bits per heavy atom. The molecular formula is C16H15Br2NO. The quantitative estimate of drug-likeness (QED) is 0.690. The molecule has 0 heterocycles. The second-order valence-corrected chi connectivity index (χ2v) is 6.55. The van der Waals surface area contributed by atoms with Crippen LogP contribution in [0.15, 0.2) is 45.3 Å². The Balaban J connectivity index is 2.40. The molecule has 0 spiro atoms. The minimum Gasteiger partial charge on any atom is -0.311 e. The van der Waals surface area contributed by atoms with Gasteiger partial charge in [-0.05, 0) is 59.6 Å². The second kappa shape index (κ2) is 6.10. The zero-order valence-corrected chi connectivity index (χ0v) is 14.7. The summed E-state index contributed by atoms with van der Waals surface area (Å²) in [4.78, 5) is 14.3. The first-order valence-electron chi connectivity index (χ1n) is 6.20. The normalized spacial score (nSPS) is 10.4. The molecule has 0 bridgehead atoms. The van der Waals surface area contributed by atoms with Crippen LogP contribution in [0.25, 0.3) is 0 Å². The molecule has 0 aromatic heterocycles. The van der Waals surface area contributed by atoms with Crippen LogP contribution in [0.1, 0.15) is 21.5 Å². The number of rotatable bonds is 2. The Bertz CT molecular complexity index is 668. The van der Waals surface area contributed by atoms with Crippen LogP contribution >= 0.6 is 31.9 Å². The van der Waals surface area contributed by atoms with Crippen LogP contribution in [-0.4, -0.2) is 13.0 Å². The van der Waals surface area contributed by atoms with E-state index in [4.69, 9.17) is 0 Å². The second-order valence-electron chi connectivity index (χ2n) is 4.78. The predicted molar refractivity (Wildman–Crippen MR) is 90.5 cm³/mol. The molecule has 0 atom stereocenters. The number of carbonyl (C=O) groups is 1. The summed E-state index contributed by atoms with van der Waals surface area (Å²) in [6, 6.07) is 11.7. The molecule has 0 aliphatic carbocycles. The van der Waals surface area contributed by atoms with E-state index in [2.05, 4.69) is 37.9 Å². The molecule has 0 aliphatic heterocycles. The van der Waals surface area contributed by atoms with Crippen LogP contribution in [0.2, 0.25) is 0 Å². The van der Waals surface area contributed by atoms with Crippen LogP contribution in [0.3, 0.4) is 0 Å². The number of hydrogen-bond acceptors (Lipinski definition) is 1. The lowest BCUT2D eigenvalue weighted by atomic mass is 10.1. The predicted octanol–water partition coefficient (Wildman–Crippen LogP) is 5.11. The van der Waals surface area contributed by atoms with Crippen LogP contribution in [0.5, 0.6) is 0 Å². The summed E-state index contributed by atoms with van der Waals surface area (Å²) in [6.45, 7) is 4.06. The largest absolute Gasteiger partial charge is 0.311 e. The van der Waals surface area contributed by atoms with E-state index in [1.807, 2.05) is 44.2 Å². The average Bonchev–Trinajstić information content (AvgIpc) is 2.40. The highest BCUT2D eigenvalue weighted by Crippen LogP contribution is 2.26. The smallest absolute Gasteiger partial charge is 0.259 e. The van der Waals surface area contributed by atoms with E-state index in [-0.39, 0.29) is 5.91 Å². The fourth-order valence-electron chi connectivity index (χ4n) is 2.13. The van der Waals surface area contributed by atoms with E-state index >= 15 is 0 Å². The van der Waals surface area contributed by atoms with Crippen LogP contribution < -0.4 is 4.90 Å². The Morgan fingerprint density at radius 2 is 1.75 bits per heavy atom. The van der Waals surface area contributed by atoms with Gasteiger partial charge < -0.3 is 4.90 Å². The number of carbonyl (C=O) groups excluding carboxylic acids is 1. The lowest BCUT2D eigenvalue weighted by Crippen LogP contribution is -2.27. The molecule has 4 heteroatoms. The Morgan fingerprint density at radius 1 is 1.05 bits per heavy atom. The van der Waals surface area contributed by atoms with Crippen molar-refractivity contribution in [2.75, 3.05) is 11.9 Å². The third-order valence-electron chi connectivity index (χ3n) is 3.18. The average molecular weight is 397 g/mol. The molecule has 0 fully saturated rings. The van der Waals surface area contributed by atoms with Crippen LogP contribution in [0, 0.1) is 13.8 Å². The van der Waals surface area contributed by atoms with Crippen molar-refractivity contribution in [2.45, 2.75) is 13.8 Å². The fourth-order valence-corrected chi connectivity index (χ4v) is 2.91. The van der Waals surface area contributed by atoms with Gasteiger partial charge >= 0.3 is 0 Å². The number of nitrogens with zero attached hydrogens (tertiary/aromatic N) is 1. The summed E-state index contributed by atoms with van der Waals surface area (Å²) in [6.07, 6.45) is 0. The zero-order valence-electron chi connectivity index (χ0n) is 11.6. The minimum absolute atomic E-state index is 0.0369. The van der Waals surface area contributed by atoms with E-state index in [0.29, 0.717) is 5.56 Å². The van der Waals surface area contributed by atoms with Gasteiger partial charge in [-0.25, -0.2) is 0 Å². The van der Waals surface area contributed by atoms with E-state index < -0.39 is 0 Å². The number of hydrogen-bond donors (Lipinski definition) is 0. The summed E-state index contributed by atoms with van der Waals surface area (Å²) in [5.74, 6) is -0.0369. The van der Waals surface area contributed by atoms with Crippen molar-refractivity contribution in [3.8, 4) is 0 Å². The monoisotopic (exact) mass is 395 g/mol. The lowest BCUT2D eigenvalue weighted by Gasteiger charge is -2.20. The van der Waals surface area contributed by atoms with Gasteiger partial charge in [-0.15, -0.1) is 0 Å². The van der Waals surface area contributed by atoms with Gasteiger partial charge in [-0.1, -0.05) is 33.6 Å². The van der Waals surface area contributed by atoms with Crippen molar-refractivity contribution in [3.05, 3.63) is 62.0 Å². The summed E-state index contributed by atoms with van der Waals surface area (Å²) in [7, 11) is 1.80. The van der Waals surface area contributed by atoms with E-state index in [1.54, 1.807) is 11.9 Å². The van der Waals surface area contributed by atoms with E-state index in [9.17, 15) is 4.79 Å². The van der Waals surface area contributed by atoms with Crippen LogP contribution in [-0.2, 0) is 0 Å². The summed E-state index contributed by atoms with van der Waals surface area (Å²) < 4.78 is 1.68. The van der Waals surface area contributed by atoms with Gasteiger partial charge in [-0.2, -0.15) is 0 Å². The molecule has 2 rings (SSSR count). The first-order valence-corrected chi connectivity index (χ1v) is 7.79. The topological polar surface area (TPSA) is 20.3 Å². The van der Waals surface area contributed by atoms with Crippen molar-refractivity contribution in [1.29, 1.82) is 0 Å². The highest BCUT2D eigenvalue weighted by Gasteiger charge is 2.18. The molecule has 0 saturated heterocycles. The Labute approximate surface area is 136 Å². The number of halogens is 2. The Hall–Kier alpha value is -1.13. The maximum Gasteiger partial charge on any atom is 0.259 e.